The van der Waals surface area contributed by atoms with Crippen LogP contribution in [0.3, 0.4) is 0 Å². The third-order valence-corrected chi connectivity index (χ3v) is 4.57. The van der Waals surface area contributed by atoms with Gasteiger partial charge >= 0.3 is 0 Å². The number of hydrogen-bond acceptors (Lipinski definition) is 1. The van der Waals surface area contributed by atoms with E-state index in [1.165, 1.54) is 24.8 Å². The van der Waals surface area contributed by atoms with Crippen LogP contribution < -0.4 is 5.32 Å². The summed E-state index contributed by atoms with van der Waals surface area (Å²) in [6.07, 6.45) is 4.92. The number of nitrogens with one attached hydrogen (secondary N) is 1. The van der Waals surface area contributed by atoms with E-state index in [1.807, 2.05) is 13.1 Å². The summed E-state index contributed by atoms with van der Waals surface area (Å²) in [4.78, 5) is 0. The van der Waals surface area contributed by atoms with Crippen molar-refractivity contribution in [3.8, 4) is 0 Å². The molecule has 18 heavy (non-hydrogen) atoms. The van der Waals surface area contributed by atoms with E-state index < -0.39 is 0 Å². The maximum atomic E-state index is 13.3. The van der Waals surface area contributed by atoms with Gasteiger partial charge in [-0.1, -0.05) is 25.8 Å². The average Bonchev–Trinajstić information content (AvgIpc) is 2.77. The standard InChI is InChI=1S/C16H24FN/c1-11-7-8-14(17)9-13(11)10-16(18-3)15-6-4-5-12(15)2/h7-9,12,15-16,18H,4-6,10H2,1-3H3. The van der Waals surface area contributed by atoms with Crippen molar-refractivity contribution in [3.05, 3.63) is 35.1 Å². The van der Waals surface area contributed by atoms with Gasteiger partial charge in [0.2, 0.25) is 0 Å². The maximum absolute atomic E-state index is 13.3. The summed E-state index contributed by atoms with van der Waals surface area (Å²) in [5, 5.41) is 3.45. The molecule has 1 aliphatic carbocycles. The van der Waals surface area contributed by atoms with Gasteiger partial charge in [-0.25, -0.2) is 4.39 Å². The number of aryl methyl sites for hydroxylation is 1. The van der Waals surface area contributed by atoms with Gasteiger partial charge in [0, 0.05) is 6.04 Å². The highest BCUT2D eigenvalue weighted by Crippen LogP contribution is 2.34. The zero-order valence-electron chi connectivity index (χ0n) is 11.7. The Morgan fingerprint density at radius 3 is 2.78 bits per heavy atom. The van der Waals surface area contributed by atoms with Gasteiger partial charge < -0.3 is 5.32 Å². The Balaban J connectivity index is 2.12. The van der Waals surface area contributed by atoms with Crippen LogP contribution >= 0.6 is 0 Å². The molecule has 1 aromatic carbocycles. The Kier molecular flexibility index (Phi) is 4.39. The van der Waals surface area contributed by atoms with Gasteiger partial charge in [0.1, 0.15) is 5.82 Å². The van der Waals surface area contributed by atoms with Crippen LogP contribution in [0.1, 0.15) is 37.3 Å². The number of benzene rings is 1. The fourth-order valence-electron chi connectivity index (χ4n) is 3.34. The van der Waals surface area contributed by atoms with Crippen LogP contribution in [-0.4, -0.2) is 13.1 Å². The van der Waals surface area contributed by atoms with Crippen LogP contribution in [0.2, 0.25) is 0 Å². The molecular formula is C16H24FN. The first kappa shape index (κ1) is 13.5. The van der Waals surface area contributed by atoms with Crippen LogP contribution in [-0.2, 0) is 6.42 Å². The second-order valence-electron chi connectivity index (χ2n) is 5.74. The van der Waals surface area contributed by atoms with E-state index in [-0.39, 0.29) is 5.82 Å². The molecule has 1 N–H and O–H groups in total. The van der Waals surface area contributed by atoms with Crippen molar-refractivity contribution in [1.82, 2.24) is 5.32 Å². The lowest BCUT2D eigenvalue weighted by Crippen LogP contribution is -2.37. The predicted octanol–water partition coefficient (Wildman–Crippen LogP) is 3.70. The van der Waals surface area contributed by atoms with E-state index in [0.29, 0.717) is 6.04 Å². The molecule has 0 aromatic heterocycles. The van der Waals surface area contributed by atoms with Crippen LogP contribution in [0.5, 0.6) is 0 Å². The number of likely N-dealkylation sites (N-methyl/N-ethyl adjacent to an activating group) is 1. The SMILES string of the molecule is CNC(Cc1cc(F)ccc1C)C1CCCC1C. The van der Waals surface area contributed by atoms with E-state index >= 15 is 0 Å². The first-order valence-electron chi connectivity index (χ1n) is 7.04. The summed E-state index contributed by atoms with van der Waals surface area (Å²) in [5.41, 5.74) is 2.34. The van der Waals surface area contributed by atoms with Gasteiger partial charge in [-0.3, -0.25) is 0 Å². The summed E-state index contributed by atoms with van der Waals surface area (Å²) in [6, 6.07) is 5.60. The predicted molar refractivity (Wildman–Crippen MR) is 74.2 cm³/mol. The molecule has 2 rings (SSSR count). The molecule has 0 bridgehead atoms. The Bertz CT molecular complexity index is 402. The topological polar surface area (TPSA) is 12.0 Å². The van der Waals surface area contributed by atoms with Gasteiger partial charge in [0.25, 0.3) is 0 Å². The summed E-state index contributed by atoms with van der Waals surface area (Å²) in [7, 11) is 2.03. The minimum Gasteiger partial charge on any atom is -0.316 e. The lowest BCUT2D eigenvalue weighted by Gasteiger charge is -2.27. The molecule has 1 saturated carbocycles. The molecule has 1 fully saturated rings. The maximum Gasteiger partial charge on any atom is 0.123 e. The number of halogens is 1. The quantitative estimate of drug-likeness (QED) is 0.858. The van der Waals surface area contributed by atoms with Crippen molar-refractivity contribution in [2.75, 3.05) is 7.05 Å². The fraction of sp³-hybridized carbons (Fsp3) is 0.625. The molecule has 0 heterocycles. The third kappa shape index (κ3) is 2.92. The zero-order valence-corrected chi connectivity index (χ0v) is 11.7. The highest BCUT2D eigenvalue weighted by Gasteiger charge is 2.30. The van der Waals surface area contributed by atoms with Crippen LogP contribution in [0, 0.1) is 24.6 Å². The van der Waals surface area contributed by atoms with Crippen molar-refractivity contribution in [3.63, 3.8) is 0 Å². The molecule has 2 heteroatoms. The number of hydrogen-bond donors (Lipinski definition) is 1. The summed E-state index contributed by atoms with van der Waals surface area (Å²) in [5.74, 6) is 1.40. The van der Waals surface area contributed by atoms with E-state index in [0.717, 1.165) is 23.8 Å². The lowest BCUT2D eigenvalue weighted by atomic mass is 9.85. The molecule has 3 unspecified atom stereocenters. The highest BCUT2D eigenvalue weighted by atomic mass is 19.1. The second kappa shape index (κ2) is 5.83. The van der Waals surface area contributed by atoms with Crippen molar-refractivity contribution < 1.29 is 4.39 Å². The first-order chi connectivity index (χ1) is 8.61. The largest absolute Gasteiger partial charge is 0.316 e. The van der Waals surface area contributed by atoms with Crippen molar-refractivity contribution >= 4 is 0 Å². The molecule has 0 aliphatic heterocycles. The average molecular weight is 249 g/mol. The highest BCUT2D eigenvalue weighted by molar-refractivity contribution is 5.27. The first-order valence-corrected chi connectivity index (χ1v) is 7.04. The molecule has 0 radical (unpaired) electrons. The van der Waals surface area contributed by atoms with Crippen LogP contribution in [0.15, 0.2) is 18.2 Å². The molecular weight excluding hydrogens is 225 g/mol. The monoisotopic (exact) mass is 249 g/mol. The summed E-state index contributed by atoms with van der Waals surface area (Å²) in [6.45, 7) is 4.42. The van der Waals surface area contributed by atoms with Crippen molar-refractivity contribution in [1.29, 1.82) is 0 Å². The second-order valence-corrected chi connectivity index (χ2v) is 5.74. The van der Waals surface area contributed by atoms with Crippen molar-refractivity contribution in [2.24, 2.45) is 11.8 Å². The lowest BCUT2D eigenvalue weighted by molar-refractivity contribution is 0.307. The molecule has 100 valence electrons. The minimum absolute atomic E-state index is 0.120. The Hall–Kier alpha value is -0.890. The van der Waals surface area contributed by atoms with Crippen molar-refractivity contribution in [2.45, 2.75) is 45.6 Å². The molecule has 3 atom stereocenters. The molecule has 1 aliphatic rings. The molecule has 0 saturated heterocycles. The van der Waals surface area contributed by atoms with E-state index in [2.05, 4.69) is 19.2 Å². The minimum atomic E-state index is -0.120. The zero-order chi connectivity index (χ0) is 13.1. The van der Waals surface area contributed by atoms with Crippen LogP contribution in [0.4, 0.5) is 4.39 Å². The Morgan fingerprint density at radius 2 is 2.17 bits per heavy atom. The van der Waals surface area contributed by atoms with Gasteiger partial charge in [-0.2, -0.15) is 0 Å². The Morgan fingerprint density at radius 1 is 1.39 bits per heavy atom. The Labute approximate surface area is 110 Å². The van der Waals surface area contributed by atoms with E-state index in [4.69, 9.17) is 0 Å². The van der Waals surface area contributed by atoms with Gasteiger partial charge in [-0.15, -0.1) is 0 Å². The van der Waals surface area contributed by atoms with Gasteiger partial charge in [-0.05, 0) is 61.9 Å². The summed E-state index contributed by atoms with van der Waals surface area (Å²) >= 11 is 0. The molecule has 1 aromatic rings. The molecule has 1 nitrogen and oxygen atoms in total. The molecule has 0 amide bonds. The van der Waals surface area contributed by atoms with E-state index in [9.17, 15) is 4.39 Å². The molecule has 0 spiro atoms. The third-order valence-electron chi connectivity index (χ3n) is 4.57. The van der Waals surface area contributed by atoms with E-state index in [1.54, 1.807) is 12.1 Å². The van der Waals surface area contributed by atoms with Crippen LogP contribution in [0.25, 0.3) is 0 Å². The van der Waals surface area contributed by atoms with Gasteiger partial charge in [0.15, 0.2) is 0 Å². The normalized spacial score (nSPS) is 25.3. The fourth-order valence-corrected chi connectivity index (χ4v) is 3.34. The number of rotatable bonds is 4. The summed E-state index contributed by atoms with van der Waals surface area (Å²) < 4.78 is 13.3. The smallest absolute Gasteiger partial charge is 0.123 e. The van der Waals surface area contributed by atoms with Gasteiger partial charge in [0.05, 0.1) is 0 Å².